The molecule has 0 aromatic carbocycles. The third-order valence-electron chi connectivity index (χ3n) is 6.11. The van der Waals surface area contributed by atoms with Gasteiger partial charge in [-0.2, -0.15) is 0 Å². The fourth-order valence-corrected chi connectivity index (χ4v) is 229. The van der Waals surface area contributed by atoms with Gasteiger partial charge >= 0.3 is 0 Å². The molecule has 0 aromatic heterocycles. The van der Waals surface area contributed by atoms with E-state index in [9.17, 15) is 0 Å². The lowest BCUT2D eigenvalue weighted by Crippen LogP contribution is -2.97. The molecule has 0 heterocycles. The minimum absolute atomic E-state index is 1.24. The summed E-state index contributed by atoms with van der Waals surface area (Å²) >= 11 is 0. The Morgan fingerprint density at radius 1 is 0.545 bits per heavy atom. The van der Waals surface area contributed by atoms with E-state index < -0.39 is 43.9 Å². The van der Waals surface area contributed by atoms with Crippen LogP contribution in [0.25, 0.3) is 0 Å². The van der Waals surface area contributed by atoms with E-state index >= 15 is 0 Å². The van der Waals surface area contributed by atoms with Gasteiger partial charge in [-0.3, -0.25) is 0 Å². The van der Waals surface area contributed by atoms with Crippen molar-refractivity contribution in [3.8, 4) is 0 Å². The summed E-state index contributed by atoms with van der Waals surface area (Å²) < 4.78 is 6.97. The van der Waals surface area contributed by atoms with Crippen LogP contribution in [0, 0.1) is 0 Å². The smallest absolute Gasteiger partial charge is 0.153 e. The summed E-state index contributed by atoms with van der Waals surface area (Å²) in [6, 6.07) is 1.49. The van der Waals surface area contributed by atoms with Crippen LogP contribution in [0.4, 0.5) is 0 Å². The highest BCUT2D eigenvalue weighted by Gasteiger charge is 2.74. The predicted octanol–water partition coefficient (Wildman–Crippen LogP) is 5.79. The Morgan fingerprint density at radius 2 is 0.818 bits per heavy atom. The second kappa shape index (κ2) is 6.53. The van der Waals surface area contributed by atoms with E-state index in [4.69, 9.17) is 4.43 Å². The molecule has 7 heteroatoms. The molecule has 0 aliphatic rings. The van der Waals surface area contributed by atoms with Crippen LogP contribution in [0.3, 0.4) is 0 Å². The first kappa shape index (κ1) is 23.3. The molecule has 0 aromatic rings. The highest BCUT2D eigenvalue weighted by atomic mass is 30.2. The van der Waals surface area contributed by atoms with Gasteiger partial charge in [0.25, 0.3) is 0 Å². The monoisotopic (exact) mass is 408 g/mol. The molecule has 0 aliphatic heterocycles. The Morgan fingerprint density at radius 3 is 0.864 bits per heavy atom. The average Bonchev–Trinajstić information content (AvgIpc) is 2.17. The Hall–Kier alpha value is 1.26. The van der Waals surface area contributed by atoms with Crippen molar-refractivity contribution in [2.75, 3.05) is 7.11 Å². The predicted molar refractivity (Wildman–Crippen MR) is 122 cm³/mol. The Bertz CT molecular complexity index is 315. The molecule has 22 heavy (non-hydrogen) atoms. The third kappa shape index (κ3) is 3.20. The zero-order valence-electron chi connectivity index (χ0n) is 18.1. The average molecular weight is 409 g/mol. The Labute approximate surface area is 146 Å². The summed E-state index contributed by atoms with van der Waals surface area (Å²) in [5.74, 6) is 0. The van der Waals surface area contributed by atoms with Gasteiger partial charge < -0.3 is 4.43 Å². The maximum Gasteiger partial charge on any atom is 0.153 e. The largest absolute Gasteiger partial charge is 0.430 e. The molecule has 0 radical (unpaired) electrons. The summed E-state index contributed by atoms with van der Waals surface area (Å²) in [5, 5.41) is 0. The number of hydrogen-bond donors (Lipinski definition) is 0. The lowest BCUT2D eigenvalue weighted by molar-refractivity contribution is 0.436. The molecule has 0 saturated heterocycles. The van der Waals surface area contributed by atoms with Crippen molar-refractivity contribution in [1.29, 1.82) is 0 Å². The molecular weight excluding hydrogens is 365 g/mol. The first-order chi connectivity index (χ1) is 9.37. The lowest BCUT2D eigenvalue weighted by Gasteiger charge is -2.67. The fourth-order valence-electron chi connectivity index (χ4n) is 6.68. The minimum atomic E-state index is -1.68. The van der Waals surface area contributed by atoms with Gasteiger partial charge in [-0.05, 0) is 0 Å². The molecular formula is C15H44OSi6. The maximum atomic E-state index is 6.97. The summed E-state index contributed by atoms with van der Waals surface area (Å²) in [6.45, 7) is 31.7. The van der Waals surface area contributed by atoms with Crippen molar-refractivity contribution in [3.63, 3.8) is 0 Å². The highest BCUT2D eigenvalue weighted by Crippen LogP contribution is 2.47. The zero-order chi connectivity index (χ0) is 18.4. The van der Waals surface area contributed by atoms with Gasteiger partial charge in [0, 0.05) is 22.3 Å². The minimum Gasteiger partial charge on any atom is -0.430 e. The van der Waals surface area contributed by atoms with E-state index in [0.717, 1.165) is 0 Å². The first-order valence-corrected chi connectivity index (χ1v) is 32.0. The number of hydrogen-bond acceptors (Lipinski definition) is 1. The van der Waals surface area contributed by atoms with Crippen LogP contribution in [0.15, 0.2) is 0 Å². The van der Waals surface area contributed by atoms with Crippen LogP contribution in [0.5, 0.6) is 0 Å². The van der Waals surface area contributed by atoms with E-state index in [1.807, 2.05) is 0 Å². The van der Waals surface area contributed by atoms with Crippen molar-refractivity contribution in [3.05, 3.63) is 0 Å². The molecule has 0 unspecified atom stereocenters. The van der Waals surface area contributed by atoms with E-state index in [1.165, 1.54) is 6.04 Å². The molecule has 0 atom stereocenters. The summed E-state index contributed by atoms with van der Waals surface area (Å²) in [4.78, 5) is 0. The van der Waals surface area contributed by atoms with E-state index in [1.54, 1.807) is 0 Å². The van der Waals surface area contributed by atoms with Crippen LogP contribution in [0.2, 0.25) is 84.6 Å². The molecule has 0 N–H and O–H groups in total. The van der Waals surface area contributed by atoms with Crippen molar-refractivity contribution < 1.29 is 4.43 Å². The van der Waals surface area contributed by atoms with Gasteiger partial charge in [0.2, 0.25) is 0 Å². The molecule has 1 nitrogen and oxygen atoms in total. The van der Waals surface area contributed by atoms with Gasteiger partial charge in [-0.1, -0.05) is 91.5 Å². The number of rotatable bonds is 7. The van der Waals surface area contributed by atoms with Crippen LogP contribution in [-0.4, -0.2) is 51.0 Å². The molecule has 0 rings (SSSR count). The standard InChI is InChI=1S/C15H44OSi6/c1-15-21(17(3,4)5,18(6,7)8)22(16-2,19(9,10)11)20(12,13)14/h15H2,1-14H3. The molecule has 0 saturated carbocycles. The SMILES string of the molecule is CC[Si]([Si](C)(C)C)([Si](C)(C)C)[Si](OC)([Si](C)(C)C)[Si](C)(C)C. The molecule has 0 spiro atoms. The molecule has 0 amide bonds. The second-order valence-electron chi connectivity index (χ2n) is 11.1. The van der Waals surface area contributed by atoms with Crippen LogP contribution >= 0.6 is 0 Å². The molecule has 0 aliphatic carbocycles. The molecule has 134 valence electrons. The van der Waals surface area contributed by atoms with Crippen LogP contribution in [0.1, 0.15) is 6.92 Å². The van der Waals surface area contributed by atoms with Gasteiger partial charge in [-0.15, -0.1) is 0 Å². The van der Waals surface area contributed by atoms with Crippen LogP contribution in [-0.2, 0) is 4.43 Å². The van der Waals surface area contributed by atoms with Crippen LogP contribution < -0.4 is 0 Å². The fraction of sp³-hybridized carbons (Fsp3) is 1.00. The van der Waals surface area contributed by atoms with Gasteiger partial charge in [0.05, 0.1) is 21.8 Å². The molecule has 0 bridgehead atoms. The first-order valence-electron chi connectivity index (χ1n) is 8.92. The van der Waals surface area contributed by atoms with Gasteiger partial charge in [0.1, 0.15) is 0 Å². The quantitative estimate of drug-likeness (QED) is 0.484. The van der Waals surface area contributed by atoms with Crippen molar-refractivity contribution in [2.24, 2.45) is 0 Å². The summed E-state index contributed by atoms with van der Waals surface area (Å²) in [6.07, 6.45) is 0. The van der Waals surface area contributed by atoms with E-state index in [2.05, 4.69) is 92.6 Å². The van der Waals surface area contributed by atoms with Crippen molar-refractivity contribution in [1.82, 2.24) is 0 Å². The Balaban J connectivity index is 7.16. The van der Waals surface area contributed by atoms with Gasteiger partial charge in [0.15, 0.2) is 6.87 Å². The maximum absolute atomic E-state index is 6.97. The van der Waals surface area contributed by atoms with Crippen molar-refractivity contribution >= 4 is 43.9 Å². The topological polar surface area (TPSA) is 9.23 Å². The second-order valence-corrected chi connectivity index (χ2v) is 74.5. The normalized spacial score (nSPS) is 16.1. The lowest BCUT2D eigenvalue weighted by atomic mass is 11.0. The zero-order valence-corrected chi connectivity index (χ0v) is 24.1. The van der Waals surface area contributed by atoms with Crippen molar-refractivity contribution in [2.45, 2.75) is 91.5 Å². The summed E-state index contributed by atoms with van der Waals surface area (Å²) in [7, 11) is -3.02. The van der Waals surface area contributed by atoms with Gasteiger partial charge in [-0.25, -0.2) is 0 Å². The highest BCUT2D eigenvalue weighted by molar-refractivity contribution is 8.07. The van der Waals surface area contributed by atoms with E-state index in [0.29, 0.717) is 0 Å². The molecule has 0 fully saturated rings. The Kier molecular flexibility index (Phi) is 6.90. The summed E-state index contributed by atoms with van der Waals surface area (Å²) in [5.41, 5.74) is 0. The van der Waals surface area contributed by atoms with E-state index in [-0.39, 0.29) is 0 Å². The third-order valence-corrected chi connectivity index (χ3v) is 132.